The van der Waals surface area contributed by atoms with Crippen molar-refractivity contribution in [1.29, 1.82) is 0 Å². The minimum atomic E-state index is -0.330. The fourth-order valence-corrected chi connectivity index (χ4v) is 6.95. The van der Waals surface area contributed by atoms with E-state index in [9.17, 15) is 14.7 Å². The zero-order valence-electron chi connectivity index (χ0n) is 26.7. The van der Waals surface area contributed by atoms with Crippen LogP contribution >= 0.6 is 11.6 Å². The molecule has 3 aromatic carbocycles. The van der Waals surface area contributed by atoms with Gasteiger partial charge in [-0.15, -0.1) is 0 Å². The Bertz CT molecular complexity index is 1840. The average Bonchev–Trinajstić information content (AvgIpc) is 3.62. The second-order valence-electron chi connectivity index (χ2n) is 12.3. The number of amides is 1. The predicted octanol–water partition coefficient (Wildman–Crippen LogP) is 6.90. The monoisotopic (exact) mass is 655 g/mol. The number of likely N-dealkylation sites (tertiary alicyclic amines) is 1. The maximum Gasteiger partial charge on any atom is 0.410 e. The Kier molecular flexibility index (Phi) is 10.3. The van der Waals surface area contributed by atoms with Crippen LogP contribution in [0.4, 0.5) is 4.79 Å². The second-order valence-corrected chi connectivity index (χ2v) is 12.8. The number of carbonyl (C=O) groups is 1. The van der Waals surface area contributed by atoms with E-state index in [1.54, 1.807) is 0 Å². The molecule has 3 heterocycles. The summed E-state index contributed by atoms with van der Waals surface area (Å²) >= 11 is 6.40. The number of halogens is 1. The molecule has 246 valence electrons. The van der Waals surface area contributed by atoms with E-state index in [0.29, 0.717) is 30.2 Å². The number of nitrogens with one attached hydrogen (secondary N) is 2. The molecular formula is C37H42ClN5O4. The number of imidazole rings is 1. The van der Waals surface area contributed by atoms with E-state index < -0.39 is 0 Å². The quantitative estimate of drug-likeness (QED) is 0.136. The predicted molar refractivity (Wildman–Crippen MR) is 185 cm³/mol. The molecule has 3 N–H and O–H groups in total. The first-order valence-electron chi connectivity index (χ1n) is 16.4. The lowest BCUT2D eigenvalue weighted by Gasteiger charge is -2.38. The molecule has 0 aliphatic carbocycles. The summed E-state index contributed by atoms with van der Waals surface area (Å²) in [4.78, 5) is 36.5. The van der Waals surface area contributed by atoms with Gasteiger partial charge in [0.15, 0.2) is 0 Å². The summed E-state index contributed by atoms with van der Waals surface area (Å²) in [5.74, 6) is -0.0844. The molecule has 5 aromatic rings. The average molecular weight is 656 g/mol. The number of hydrogen-bond acceptors (Lipinski definition) is 5. The van der Waals surface area contributed by atoms with Crippen LogP contribution in [0.3, 0.4) is 0 Å². The van der Waals surface area contributed by atoms with Gasteiger partial charge in [-0.2, -0.15) is 0 Å². The maximum absolute atomic E-state index is 13.2. The maximum atomic E-state index is 13.2. The third kappa shape index (κ3) is 7.75. The summed E-state index contributed by atoms with van der Waals surface area (Å²) in [7, 11) is 0. The van der Waals surface area contributed by atoms with Gasteiger partial charge in [0.05, 0.1) is 5.69 Å². The molecule has 9 nitrogen and oxygen atoms in total. The zero-order chi connectivity index (χ0) is 32.8. The van der Waals surface area contributed by atoms with Crippen molar-refractivity contribution in [2.24, 2.45) is 0 Å². The molecule has 1 aliphatic rings. The first-order chi connectivity index (χ1) is 22.9. The minimum absolute atomic E-state index is 0.0352. The highest BCUT2D eigenvalue weighted by Gasteiger charge is 2.29. The number of aromatic amines is 2. The largest absolute Gasteiger partial charge is 0.493 e. The van der Waals surface area contributed by atoms with Crippen LogP contribution in [0.25, 0.3) is 10.9 Å². The second kappa shape index (κ2) is 15.0. The van der Waals surface area contributed by atoms with Crippen molar-refractivity contribution >= 4 is 28.6 Å². The van der Waals surface area contributed by atoms with E-state index in [0.717, 1.165) is 66.5 Å². The van der Waals surface area contributed by atoms with Crippen molar-refractivity contribution in [3.8, 4) is 5.88 Å². The van der Waals surface area contributed by atoms with Crippen molar-refractivity contribution in [2.75, 3.05) is 26.2 Å². The van der Waals surface area contributed by atoms with Crippen LogP contribution in [0.1, 0.15) is 54.5 Å². The number of benzene rings is 3. The highest BCUT2D eigenvalue weighted by atomic mass is 35.5. The lowest BCUT2D eigenvalue weighted by Crippen LogP contribution is -2.47. The molecule has 1 saturated heterocycles. The van der Waals surface area contributed by atoms with E-state index in [1.165, 1.54) is 4.57 Å². The van der Waals surface area contributed by atoms with Crippen LogP contribution in [-0.2, 0) is 24.3 Å². The van der Waals surface area contributed by atoms with Crippen molar-refractivity contribution in [3.05, 3.63) is 123 Å². The summed E-state index contributed by atoms with van der Waals surface area (Å²) in [5, 5.41) is 12.9. The Balaban J connectivity index is 1.09. The number of fused-ring (bicyclic) bond motifs is 1. The molecule has 1 atom stereocenters. The van der Waals surface area contributed by atoms with E-state index in [-0.39, 0.29) is 36.2 Å². The lowest BCUT2D eigenvalue weighted by molar-refractivity contribution is 0.0626. The molecule has 0 saturated carbocycles. The van der Waals surface area contributed by atoms with Crippen LogP contribution in [-0.4, -0.2) is 67.8 Å². The Hall–Kier alpha value is -4.47. The summed E-state index contributed by atoms with van der Waals surface area (Å²) in [6.45, 7) is 5.73. The highest BCUT2D eigenvalue weighted by molar-refractivity contribution is 6.30. The van der Waals surface area contributed by atoms with Gasteiger partial charge in [0.25, 0.3) is 0 Å². The van der Waals surface area contributed by atoms with Crippen LogP contribution in [0.2, 0.25) is 5.02 Å². The molecule has 10 heteroatoms. The summed E-state index contributed by atoms with van der Waals surface area (Å²) in [6, 6.07) is 25.6. The van der Waals surface area contributed by atoms with Crippen LogP contribution in [0.15, 0.2) is 89.9 Å². The van der Waals surface area contributed by atoms with Gasteiger partial charge in [0.2, 0.25) is 5.88 Å². The molecule has 2 aromatic heterocycles. The molecule has 1 fully saturated rings. The first-order valence-corrected chi connectivity index (χ1v) is 16.8. The first kappa shape index (κ1) is 32.5. The number of piperidine rings is 1. The highest BCUT2D eigenvalue weighted by Crippen LogP contribution is 2.29. The van der Waals surface area contributed by atoms with Gasteiger partial charge in [-0.3, -0.25) is 4.57 Å². The number of aromatic nitrogens is 3. The van der Waals surface area contributed by atoms with Crippen LogP contribution in [0, 0.1) is 0 Å². The van der Waals surface area contributed by atoms with Crippen LogP contribution in [0.5, 0.6) is 5.88 Å². The van der Waals surface area contributed by atoms with Gasteiger partial charge in [-0.1, -0.05) is 72.3 Å². The number of nitrogens with zero attached hydrogens (tertiary/aromatic N) is 3. The lowest BCUT2D eigenvalue weighted by atomic mass is 9.94. The van der Waals surface area contributed by atoms with Gasteiger partial charge in [-0.25, -0.2) is 9.59 Å². The molecule has 47 heavy (non-hydrogen) atoms. The number of carbonyl (C=O) groups excluding carboxylic acids is 1. The van der Waals surface area contributed by atoms with E-state index in [1.807, 2.05) is 96.9 Å². The fraction of sp³-hybridized carbons (Fsp3) is 0.351. The molecule has 6 rings (SSSR count). The topological polar surface area (TPSA) is 107 Å². The summed E-state index contributed by atoms with van der Waals surface area (Å²) in [6.07, 6.45) is 4.57. The van der Waals surface area contributed by atoms with Crippen molar-refractivity contribution in [3.63, 3.8) is 0 Å². The number of H-pyrrole nitrogens is 2. The Labute approximate surface area is 279 Å². The van der Waals surface area contributed by atoms with Gasteiger partial charge in [-0.05, 0) is 67.6 Å². The fourth-order valence-electron chi connectivity index (χ4n) is 6.75. The van der Waals surface area contributed by atoms with E-state index in [2.05, 4.69) is 14.9 Å². The van der Waals surface area contributed by atoms with Crippen molar-refractivity contribution in [2.45, 2.75) is 57.7 Å². The molecule has 0 radical (unpaired) electrons. The SMILES string of the molecule is CCN(C(=O)OCc1ccccc1)C1CCN(CCC(Cn2c(O)c(Cc3c[nH]c4ccccc34)[nH]c2=O)c2cccc(Cl)c2)CC1. The third-order valence-electron chi connectivity index (χ3n) is 9.37. The zero-order valence-corrected chi connectivity index (χ0v) is 27.5. The molecule has 0 bridgehead atoms. The number of ether oxygens (including phenoxy) is 1. The Morgan fingerprint density at radius 2 is 1.83 bits per heavy atom. The van der Waals surface area contributed by atoms with Gasteiger partial charge >= 0.3 is 11.8 Å². The molecule has 1 amide bonds. The van der Waals surface area contributed by atoms with Crippen molar-refractivity contribution < 1.29 is 14.6 Å². The molecule has 1 unspecified atom stereocenters. The molecule has 0 spiro atoms. The minimum Gasteiger partial charge on any atom is -0.493 e. The smallest absolute Gasteiger partial charge is 0.410 e. The van der Waals surface area contributed by atoms with E-state index >= 15 is 0 Å². The Morgan fingerprint density at radius 3 is 2.60 bits per heavy atom. The third-order valence-corrected chi connectivity index (χ3v) is 9.60. The van der Waals surface area contributed by atoms with Gasteiger partial charge < -0.3 is 29.6 Å². The summed E-state index contributed by atoms with van der Waals surface area (Å²) < 4.78 is 7.08. The van der Waals surface area contributed by atoms with Gasteiger partial charge in [0, 0.05) is 66.7 Å². The number of hydrogen-bond donors (Lipinski definition) is 3. The summed E-state index contributed by atoms with van der Waals surface area (Å²) in [5.41, 5.74) is 4.18. The standard InChI is InChI=1S/C37H42ClN5O4/c1-2-42(37(46)47-25-26-9-4-3-5-10-26)31-16-19-41(20-17-31)18-15-28(27-11-8-12-30(38)21-27)24-43-35(44)34(40-36(43)45)22-29-23-39-33-14-7-6-13-32(29)33/h3-14,21,23,28,31,39,44H,2,15-20,22,24-25H2,1H3,(H,40,45). The number of aromatic hydroxyl groups is 1. The van der Waals surface area contributed by atoms with Gasteiger partial charge in [0.1, 0.15) is 6.61 Å². The Morgan fingerprint density at radius 1 is 1.06 bits per heavy atom. The van der Waals surface area contributed by atoms with Crippen LogP contribution < -0.4 is 5.69 Å². The normalized spacial score (nSPS) is 14.8. The number of rotatable bonds is 12. The molecule has 1 aliphatic heterocycles. The number of para-hydroxylation sites is 1. The molecular weight excluding hydrogens is 614 g/mol. The van der Waals surface area contributed by atoms with Crippen molar-refractivity contribution in [1.82, 2.24) is 24.3 Å². The van der Waals surface area contributed by atoms with E-state index in [4.69, 9.17) is 16.3 Å².